The van der Waals surface area contributed by atoms with Crippen molar-refractivity contribution in [1.82, 2.24) is 0 Å². The monoisotopic (exact) mass is 206 g/mol. The smallest absolute Gasteiger partial charge is 0.343 e. The highest BCUT2D eigenvalue weighted by atomic mass is 16.5. The maximum Gasteiger partial charge on any atom is 0.343 e. The Morgan fingerprint density at radius 2 is 1.80 bits per heavy atom. The summed E-state index contributed by atoms with van der Waals surface area (Å²) in [6.45, 7) is 0. The fraction of sp³-hybridized carbons (Fsp3) is 0.182. The van der Waals surface area contributed by atoms with Crippen molar-refractivity contribution in [2.24, 2.45) is 0 Å². The Bertz CT molecular complexity index is 404. The minimum atomic E-state index is -1.12. The first-order valence-electron chi connectivity index (χ1n) is 4.10. The Kier molecular flexibility index (Phi) is 3.19. The summed E-state index contributed by atoms with van der Waals surface area (Å²) in [7, 11) is 2.75. The number of carboxylic acid groups (broad SMARTS) is 1. The number of hydrogen-bond acceptors (Lipinski definition) is 3. The molecular formula is C11H10O4. The van der Waals surface area contributed by atoms with Crippen LogP contribution in [0, 0.1) is 12.3 Å². The topological polar surface area (TPSA) is 55.8 Å². The van der Waals surface area contributed by atoms with Crippen molar-refractivity contribution in [3.05, 3.63) is 23.3 Å². The number of terminal acetylenes is 1. The molecule has 0 amide bonds. The molecule has 78 valence electrons. The quantitative estimate of drug-likeness (QED) is 0.759. The number of carboxylic acids is 1. The van der Waals surface area contributed by atoms with Crippen LogP contribution in [0.3, 0.4) is 0 Å². The molecule has 4 heteroatoms. The number of carbonyl (C=O) groups is 1. The van der Waals surface area contributed by atoms with Gasteiger partial charge in [0.05, 0.1) is 14.2 Å². The van der Waals surface area contributed by atoms with Gasteiger partial charge in [0.25, 0.3) is 0 Å². The highest BCUT2D eigenvalue weighted by Gasteiger charge is 2.18. The Hall–Kier alpha value is -2.15. The van der Waals surface area contributed by atoms with Crippen LogP contribution in [0.1, 0.15) is 15.9 Å². The summed E-state index contributed by atoms with van der Waals surface area (Å²) < 4.78 is 9.87. The van der Waals surface area contributed by atoms with Crippen LogP contribution < -0.4 is 9.47 Å². The number of methoxy groups -OCH3 is 2. The summed E-state index contributed by atoms with van der Waals surface area (Å²) in [5, 5.41) is 8.96. The second-order valence-electron chi connectivity index (χ2n) is 2.71. The molecule has 1 N–H and O–H groups in total. The summed E-state index contributed by atoms with van der Waals surface area (Å²) in [5.74, 6) is 1.65. The van der Waals surface area contributed by atoms with Crippen LogP contribution >= 0.6 is 0 Å². The minimum Gasteiger partial charge on any atom is -0.496 e. The van der Waals surface area contributed by atoms with Crippen LogP contribution in [0.25, 0.3) is 0 Å². The largest absolute Gasteiger partial charge is 0.496 e. The van der Waals surface area contributed by atoms with Crippen molar-refractivity contribution < 1.29 is 19.4 Å². The minimum absolute atomic E-state index is 0.0287. The van der Waals surface area contributed by atoms with Crippen molar-refractivity contribution in [2.75, 3.05) is 14.2 Å². The van der Waals surface area contributed by atoms with Gasteiger partial charge in [0, 0.05) is 5.56 Å². The van der Waals surface area contributed by atoms with E-state index < -0.39 is 5.97 Å². The van der Waals surface area contributed by atoms with Gasteiger partial charge in [0.2, 0.25) is 0 Å². The molecule has 0 atom stereocenters. The third kappa shape index (κ3) is 2.02. The van der Waals surface area contributed by atoms with Crippen molar-refractivity contribution >= 4 is 5.97 Å². The first-order chi connectivity index (χ1) is 7.13. The van der Waals surface area contributed by atoms with E-state index >= 15 is 0 Å². The molecular weight excluding hydrogens is 196 g/mol. The van der Waals surface area contributed by atoms with Gasteiger partial charge in [-0.15, -0.1) is 6.42 Å². The van der Waals surface area contributed by atoms with E-state index in [0.717, 1.165) is 0 Å². The molecule has 15 heavy (non-hydrogen) atoms. The molecule has 0 spiro atoms. The molecule has 0 unspecified atom stereocenters. The standard InChI is InChI=1S/C11H10O4/c1-4-7-5-8(14-2)10(11(12)13)9(6-7)15-3/h1,5-6H,2-3H3,(H,12,13). The van der Waals surface area contributed by atoms with E-state index in [0.29, 0.717) is 5.56 Å². The van der Waals surface area contributed by atoms with Gasteiger partial charge in [-0.25, -0.2) is 4.79 Å². The van der Waals surface area contributed by atoms with Crippen LogP contribution in [-0.2, 0) is 0 Å². The molecule has 0 aliphatic rings. The molecule has 0 bridgehead atoms. The zero-order chi connectivity index (χ0) is 11.4. The van der Waals surface area contributed by atoms with Gasteiger partial charge >= 0.3 is 5.97 Å². The molecule has 1 aromatic carbocycles. The molecule has 0 aliphatic heterocycles. The molecule has 0 aliphatic carbocycles. The first kappa shape index (κ1) is 10.9. The molecule has 0 radical (unpaired) electrons. The van der Waals surface area contributed by atoms with E-state index in [1.54, 1.807) is 0 Å². The van der Waals surface area contributed by atoms with Gasteiger partial charge in [-0.05, 0) is 12.1 Å². The normalized spacial score (nSPS) is 9.13. The van der Waals surface area contributed by atoms with E-state index in [4.69, 9.17) is 21.0 Å². The number of benzene rings is 1. The van der Waals surface area contributed by atoms with Crippen LogP contribution in [0.2, 0.25) is 0 Å². The summed E-state index contributed by atoms with van der Waals surface area (Å²) in [4.78, 5) is 10.9. The van der Waals surface area contributed by atoms with E-state index in [2.05, 4.69) is 5.92 Å². The molecule has 0 aromatic heterocycles. The highest BCUT2D eigenvalue weighted by molar-refractivity contribution is 5.94. The van der Waals surface area contributed by atoms with Gasteiger partial charge in [0.1, 0.15) is 17.1 Å². The zero-order valence-electron chi connectivity index (χ0n) is 8.40. The second kappa shape index (κ2) is 4.38. The molecule has 1 aromatic rings. The molecule has 0 saturated heterocycles. The average Bonchev–Trinajstić information content (AvgIpc) is 2.26. The van der Waals surface area contributed by atoms with Crippen molar-refractivity contribution in [3.63, 3.8) is 0 Å². The number of ether oxygens (including phenoxy) is 2. The van der Waals surface area contributed by atoms with Gasteiger partial charge < -0.3 is 14.6 Å². The lowest BCUT2D eigenvalue weighted by Gasteiger charge is -2.10. The predicted octanol–water partition coefficient (Wildman–Crippen LogP) is 1.38. The third-order valence-corrected chi connectivity index (χ3v) is 1.89. The molecule has 4 nitrogen and oxygen atoms in total. The van der Waals surface area contributed by atoms with E-state index in [1.807, 2.05) is 0 Å². The maximum absolute atomic E-state index is 10.9. The Labute approximate surface area is 87.4 Å². The third-order valence-electron chi connectivity index (χ3n) is 1.89. The summed E-state index contributed by atoms with van der Waals surface area (Å²) in [6.07, 6.45) is 5.21. The number of hydrogen-bond donors (Lipinski definition) is 1. The Morgan fingerprint density at radius 1 is 1.33 bits per heavy atom. The van der Waals surface area contributed by atoms with E-state index in [-0.39, 0.29) is 17.1 Å². The van der Waals surface area contributed by atoms with Crippen LogP contribution in [-0.4, -0.2) is 25.3 Å². The van der Waals surface area contributed by atoms with Gasteiger partial charge in [0.15, 0.2) is 0 Å². The lowest BCUT2D eigenvalue weighted by atomic mass is 10.1. The van der Waals surface area contributed by atoms with Gasteiger partial charge in [-0.2, -0.15) is 0 Å². The Balaban J connectivity index is 3.48. The zero-order valence-corrected chi connectivity index (χ0v) is 8.40. The second-order valence-corrected chi connectivity index (χ2v) is 2.71. The summed E-state index contributed by atoms with van der Waals surface area (Å²) >= 11 is 0. The molecule has 1 rings (SSSR count). The SMILES string of the molecule is C#Cc1cc(OC)c(C(=O)O)c(OC)c1. The maximum atomic E-state index is 10.9. The summed E-state index contributed by atoms with van der Waals surface area (Å²) in [5.41, 5.74) is 0.479. The number of rotatable bonds is 3. The van der Waals surface area contributed by atoms with E-state index in [1.165, 1.54) is 26.4 Å². The van der Waals surface area contributed by atoms with Crippen LogP contribution in [0.15, 0.2) is 12.1 Å². The lowest BCUT2D eigenvalue weighted by molar-refractivity contribution is 0.0689. The van der Waals surface area contributed by atoms with Gasteiger partial charge in [-0.1, -0.05) is 5.92 Å². The lowest BCUT2D eigenvalue weighted by Crippen LogP contribution is -2.04. The fourth-order valence-electron chi connectivity index (χ4n) is 1.21. The van der Waals surface area contributed by atoms with Crippen molar-refractivity contribution in [2.45, 2.75) is 0 Å². The highest BCUT2D eigenvalue weighted by Crippen LogP contribution is 2.30. The van der Waals surface area contributed by atoms with Crippen molar-refractivity contribution in [3.8, 4) is 23.8 Å². The number of aromatic carboxylic acids is 1. The average molecular weight is 206 g/mol. The molecule has 0 fully saturated rings. The van der Waals surface area contributed by atoms with Gasteiger partial charge in [-0.3, -0.25) is 0 Å². The summed E-state index contributed by atoms with van der Waals surface area (Å²) in [6, 6.07) is 2.96. The first-order valence-corrected chi connectivity index (χ1v) is 4.10. The fourth-order valence-corrected chi connectivity index (χ4v) is 1.21. The Morgan fingerprint density at radius 3 is 2.07 bits per heavy atom. The van der Waals surface area contributed by atoms with E-state index in [9.17, 15) is 4.79 Å². The molecule has 0 heterocycles. The van der Waals surface area contributed by atoms with Crippen LogP contribution in [0.4, 0.5) is 0 Å². The van der Waals surface area contributed by atoms with Crippen LogP contribution in [0.5, 0.6) is 11.5 Å². The van der Waals surface area contributed by atoms with Crippen molar-refractivity contribution in [1.29, 1.82) is 0 Å². The molecule has 0 saturated carbocycles. The predicted molar refractivity (Wildman–Crippen MR) is 54.4 cm³/mol.